The Bertz CT molecular complexity index is 517. The van der Waals surface area contributed by atoms with E-state index in [2.05, 4.69) is 4.98 Å². The molecule has 0 saturated carbocycles. The molecule has 0 bridgehead atoms. The highest BCUT2D eigenvalue weighted by atomic mass is 35.5. The predicted molar refractivity (Wildman–Crippen MR) is 71.2 cm³/mol. The van der Waals surface area contributed by atoms with Gasteiger partial charge in [0.15, 0.2) is 11.5 Å². The SMILES string of the molecule is CCOc1ccccc1OCc1cc(Cl)ccn1. The number of rotatable bonds is 5. The third-order valence-corrected chi connectivity index (χ3v) is 2.54. The molecule has 0 spiro atoms. The van der Waals surface area contributed by atoms with E-state index in [0.29, 0.717) is 24.0 Å². The first-order chi connectivity index (χ1) is 8.79. The lowest BCUT2D eigenvalue weighted by Crippen LogP contribution is -2.00. The molecule has 0 amide bonds. The second-order valence-corrected chi connectivity index (χ2v) is 4.07. The van der Waals surface area contributed by atoms with Gasteiger partial charge in [-0.3, -0.25) is 4.98 Å². The zero-order valence-corrected chi connectivity index (χ0v) is 10.9. The lowest BCUT2D eigenvalue weighted by Gasteiger charge is -2.11. The molecule has 0 atom stereocenters. The van der Waals surface area contributed by atoms with Gasteiger partial charge in [0.1, 0.15) is 6.61 Å². The van der Waals surface area contributed by atoms with Crippen LogP contribution < -0.4 is 9.47 Å². The molecule has 1 aromatic carbocycles. The van der Waals surface area contributed by atoms with Crippen molar-refractivity contribution in [1.82, 2.24) is 4.98 Å². The first-order valence-corrected chi connectivity index (χ1v) is 6.12. The van der Waals surface area contributed by atoms with Gasteiger partial charge in [0.25, 0.3) is 0 Å². The van der Waals surface area contributed by atoms with Crippen molar-refractivity contribution in [2.45, 2.75) is 13.5 Å². The van der Waals surface area contributed by atoms with Crippen molar-refractivity contribution in [2.75, 3.05) is 6.61 Å². The molecule has 18 heavy (non-hydrogen) atoms. The van der Waals surface area contributed by atoms with E-state index < -0.39 is 0 Å². The minimum Gasteiger partial charge on any atom is -0.490 e. The van der Waals surface area contributed by atoms with Crippen LogP contribution in [-0.4, -0.2) is 11.6 Å². The molecular formula is C14H14ClNO2. The van der Waals surface area contributed by atoms with Gasteiger partial charge in [-0.15, -0.1) is 0 Å². The zero-order chi connectivity index (χ0) is 12.8. The molecule has 0 N–H and O–H groups in total. The molecule has 3 nitrogen and oxygen atoms in total. The summed E-state index contributed by atoms with van der Waals surface area (Å²) in [6, 6.07) is 11.1. The van der Waals surface area contributed by atoms with Crippen LogP contribution >= 0.6 is 11.6 Å². The van der Waals surface area contributed by atoms with E-state index in [-0.39, 0.29) is 0 Å². The van der Waals surface area contributed by atoms with Gasteiger partial charge in [-0.25, -0.2) is 0 Å². The highest BCUT2D eigenvalue weighted by molar-refractivity contribution is 6.30. The van der Waals surface area contributed by atoms with Crippen LogP contribution in [0.4, 0.5) is 0 Å². The molecule has 0 aliphatic carbocycles. The van der Waals surface area contributed by atoms with Crippen molar-refractivity contribution in [3.63, 3.8) is 0 Å². The molecule has 0 aliphatic rings. The molecular weight excluding hydrogens is 250 g/mol. The summed E-state index contributed by atoms with van der Waals surface area (Å²) in [5.74, 6) is 1.45. The van der Waals surface area contributed by atoms with E-state index in [0.717, 1.165) is 11.4 Å². The highest BCUT2D eigenvalue weighted by Gasteiger charge is 2.04. The van der Waals surface area contributed by atoms with Gasteiger partial charge < -0.3 is 9.47 Å². The van der Waals surface area contributed by atoms with Crippen LogP contribution in [0, 0.1) is 0 Å². The molecule has 2 rings (SSSR count). The van der Waals surface area contributed by atoms with Gasteiger partial charge in [0, 0.05) is 11.2 Å². The van der Waals surface area contributed by atoms with Gasteiger partial charge in [-0.2, -0.15) is 0 Å². The smallest absolute Gasteiger partial charge is 0.161 e. The van der Waals surface area contributed by atoms with Crippen molar-refractivity contribution in [3.8, 4) is 11.5 Å². The van der Waals surface area contributed by atoms with Crippen LogP contribution in [-0.2, 0) is 6.61 Å². The average molecular weight is 264 g/mol. The van der Waals surface area contributed by atoms with Gasteiger partial charge >= 0.3 is 0 Å². The third-order valence-electron chi connectivity index (χ3n) is 2.30. The number of hydrogen-bond donors (Lipinski definition) is 0. The number of halogens is 1. The molecule has 0 saturated heterocycles. The van der Waals surface area contributed by atoms with E-state index in [1.54, 1.807) is 18.3 Å². The maximum Gasteiger partial charge on any atom is 0.161 e. The molecule has 94 valence electrons. The molecule has 0 aliphatic heterocycles. The van der Waals surface area contributed by atoms with Crippen molar-refractivity contribution in [2.24, 2.45) is 0 Å². The topological polar surface area (TPSA) is 31.4 Å². The summed E-state index contributed by atoms with van der Waals surface area (Å²) in [4.78, 5) is 4.18. The lowest BCUT2D eigenvalue weighted by atomic mass is 10.3. The Morgan fingerprint density at radius 1 is 1.11 bits per heavy atom. The first-order valence-electron chi connectivity index (χ1n) is 5.74. The van der Waals surface area contributed by atoms with Crippen LogP contribution in [0.2, 0.25) is 5.02 Å². The van der Waals surface area contributed by atoms with Crippen LogP contribution in [0.3, 0.4) is 0 Å². The van der Waals surface area contributed by atoms with Crippen LogP contribution in [0.25, 0.3) is 0 Å². The van der Waals surface area contributed by atoms with Crippen LogP contribution in [0.15, 0.2) is 42.6 Å². The number of para-hydroxylation sites is 2. The van der Waals surface area contributed by atoms with E-state index in [4.69, 9.17) is 21.1 Å². The van der Waals surface area contributed by atoms with E-state index >= 15 is 0 Å². The summed E-state index contributed by atoms with van der Waals surface area (Å²) in [5.41, 5.74) is 0.786. The zero-order valence-electron chi connectivity index (χ0n) is 10.1. The Labute approximate surface area is 111 Å². The molecule has 0 radical (unpaired) electrons. The molecule has 1 aromatic heterocycles. The maximum absolute atomic E-state index is 5.89. The highest BCUT2D eigenvalue weighted by Crippen LogP contribution is 2.27. The fourth-order valence-electron chi connectivity index (χ4n) is 1.52. The summed E-state index contributed by atoms with van der Waals surface area (Å²) in [5, 5.41) is 0.654. The number of pyridine rings is 1. The summed E-state index contributed by atoms with van der Waals surface area (Å²) >= 11 is 5.89. The number of nitrogens with zero attached hydrogens (tertiary/aromatic N) is 1. The van der Waals surface area contributed by atoms with Crippen molar-refractivity contribution >= 4 is 11.6 Å². The Morgan fingerprint density at radius 3 is 2.50 bits per heavy atom. The summed E-state index contributed by atoms with van der Waals surface area (Å²) in [7, 11) is 0. The third kappa shape index (κ3) is 3.37. The number of aromatic nitrogens is 1. The Hall–Kier alpha value is -1.74. The standard InChI is InChI=1S/C14H14ClNO2/c1-2-17-13-5-3-4-6-14(13)18-10-12-9-11(15)7-8-16-12/h3-9H,2,10H2,1H3. The van der Waals surface area contributed by atoms with Crippen molar-refractivity contribution in [3.05, 3.63) is 53.3 Å². The summed E-state index contributed by atoms with van der Waals surface area (Å²) < 4.78 is 11.2. The fourth-order valence-corrected chi connectivity index (χ4v) is 1.71. The first kappa shape index (κ1) is 12.7. The maximum atomic E-state index is 5.89. The number of hydrogen-bond acceptors (Lipinski definition) is 3. The van der Waals surface area contributed by atoms with Gasteiger partial charge in [-0.1, -0.05) is 23.7 Å². The van der Waals surface area contributed by atoms with Gasteiger partial charge in [-0.05, 0) is 31.2 Å². The normalized spacial score (nSPS) is 10.1. The van der Waals surface area contributed by atoms with Crippen LogP contribution in [0.5, 0.6) is 11.5 Å². The predicted octanol–water partition coefficient (Wildman–Crippen LogP) is 3.71. The van der Waals surface area contributed by atoms with Crippen LogP contribution in [0.1, 0.15) is 12.6 Å². The fraction of sp³-hybridized carbons (Fsp3) is 0.214. The van der Waals surface area contributed by atoms with E-state index in [9.17, 15) is 0 Å². The largest absolute Gasteiger partial charge is 0.490 e. The van der Waals surface area contributed by atoms with Gasteiger partial charge in [0.2, 0.25) is 0 Å². The second-order valence-electron chi connectivity index (χ2n) is 3.63. The lowest BCUT2D eigenvalue weighted by molar-refractivity contribution is 0.266. The molecule has 1 heterocycles. The Kier molecular flexibility index (Phi) is 4.42. The minimum absolute atomic E-state index is 0.366. The molecule has 2 aromatic rings. The molecule has 4 heteroatoms. The Balaban J connectivity index is 2.06. The monoisotopic (exact) mass is 263 g/mol. The van der Waals surface area contributed by atoms with E-state index in [1.807, 2.05) is 31.2 Å². The van der Waals surface area contributed by atoms with Gasteiger partial charge in [0.05, 0.1) is 12.3 Å². The second kappa shape index (κ2) is 6.26. The summed E-state index contributed by atoms with van der Waals surface area (Å²) in [6.45, 7) is 2.91. The van der Waals surface area contributed by atoms with Crippen molar-refractivity contribution in [1.29, 1.82) is 0 Å². The average Bonchev–Trinajstić information content (AvgIpc) is 2.38. The number of ether oxygens (including phenoxy) is 2. The summed E-state index contributed by atoms with van der Waals surface area (Å²) in [6.07, 6.45) is 1.66. The minimum atomic E-state index is 0.366. The van der Waals surface area contributed by atoms with E-state index in [1.165, 1.54) is 0 Å². The molecule has 0 fully saturated rings. The molecule has 0 unspecified atom stereocenters. The quantitative estimate of drug-likeness (QED) is 0.824. The van der Waals surface area contributed by atoms with Crippen molar-refractivity contribution < 1.29 is 9.47 Å². The Morgan fingerprint density at radius 2 is 1.83 bits per heavy atom. The number of benzene rings is 1.